The van der Waals surface area contributed by atoms with Crippen molar-refractivity contribution in [2.24, 2.45) is 0 Å². The van der Waals surface area contributed by atoms with Gasteiger partial charge in [-0.2, -0.15) is 0 Å². The second-order valence-corrected chi connectivity index (χ2v) is 5.14. The van der Waals surface area contributed by atoms with E-state index < -0.39 is 0 Å². The molecular formula is C18H18O3. The zero-order valence-electron chi connectivity index (χ0n) is 11.8. The van der Waals surface area contributed by atoms with Gasteiger partial charge in [-0.15, -0.1) is 0 Å². The van der Waals surface area contributed by atoms with Gasteiger partial charge in [0.25, 0.3) is 0 Å². The molecule has 3 nitrogen and oxygen atoms in total. The lowest BCUT2D eigenvalue weighted by molar-refractivity contribution is 0.00749. The van der Waals surface area contributed by atoms with Gasteiger partial charge in [0, 0.05) is 12.2 Å². The number of aliphatic hydroxyl groups is 1. The van der Waals surface area contributed by atoms with Crippen molar-refractivity contribution in [3.05, 3.63) is 42.0 Å². The number of hydrogen-bond donors (Lipinski definition) is 1. The number of rotatable bonds is 2. The van der Waals surface area contributed by atoms with Crippen molar-refractivity contribution in [2.45, 2.75) is 18.9 Å². The van der Waals surface area contributed by atoms with Gasteiger partial charge in [0.1, 0.15) is 18.5 Å². The van der Waals surface area contributed by atoms with Crippen LogP contribution in [0.1, 0.15) is 18.4 Å². The van der Waals surface area contributed by atoms with Crippen molar-refractivity contribution in [3.8, 4) is 17.6 Å². The van der Waals surface area contributed by atoms with Crippen LogP contribution in [0.3, 0.4) is 0 Å². The normalized spacial score (nSPS) is 18.0. The lowest BCUT2D eigenvalue weighted by Crippen LogP contribution is -2.27. The average molecular weight is 282 g/mol. The molecule has 2 aromatic rings. The van der Waals surface area contributed by atoms with Crippen molar-refractivity contribution in [2.75, 3.05) is 19.8 Å². The SMILES string of the molecule is OCC#Cc1ccc2cc(OC3CCCOC3)ccc2c1. The largest absolute Gasteiger partial charge is 0.488 e. The van der Waals surface area contributed by atoms with Crippen LogP contribution in [0.25, 0.3) is 10.8 Å². The number of hydrogen-bond acceptors (Lipinski definition) is 3. The highest BCUT2D eigenvalue weighted by molar-refractivity contribution is 5.85. The fourth-order valence-corrected chi connectivity index (χ4v) is 2.51. The topological polar surface area (TPSA) is 38.7 Å². The van der Waals surface area contributed by atoms with E-state index in [0.717, 1.165) is 41.5 Å². The smallest absolute Gasteiger partial charge is 0.122 e. The fourth-order valence-electron chi connectivity index (χ4n) is 2.51. The minimum absolute atomic E-state index is 0.117. The molecule has 0 aliphatic carbocycles. The van der Waals surface area contributed by atoms with Crippen molar-refractivity contribution in [1.82, 2.24) is 0 Å². The zero-order valence-corrected chi connectivity index (χ0v) is 11.8. The highest BCUT2D eigenvalue weighted by Gasteiger charge is 2.15. The third-order valence-corrected chi connectivity index (χ3v) is 3.54. The number of benzene rings is 2. The molecule has 0 radical (unpaired) electrons. The van der Waals surface area contributed by atoms with Crippen LogP contribution < -0.4 is 4.74 Å². The van der Waals surface area contributed by atoms with E-state index in [1.165, 1.54) is 0 Å². The molecule has 3 heteroatoms. The molecule has 1 N–H and O–H groups in total. The van der Waals surface area contributed by atoms with Gasteiger partial charge >= 0.3 is 0 Å². The summed E-state index contributed by atoms with van der Waals surface area (Å²) in [6.07, 6.45) is 2.27. The number of aliphatic hydroxyl groups excluding tert-OH is 1. The highest BCUT2D eigenvalue weighted by Crippen LogP contribution is 2.24. The Labute approximate surface area is 124 Å². The van der Waals surface area contributed by atoms with Crippen molar-refractivity contribution >= 4 is 10.8 Å². The van der Waals surface area contributed by atoms with Gasteiger partial charge < -0.3 is 14.6 Å². The summed E-state index contributed by atoms with van der Waals surface area (Å²) in [4.78, 5) is 0. The van der Waals surface area contributed by atoms with Gasteiger partial charge in [-0.05, 0) is 47.9 Å². The zero-order chi connectivity index (χ0) is 14.5. The van der Waals surface area contributed by atoms with Crippen LogP contribution in [0, 0.1) is 11.8 Å². The Morgan fingerprint density at radius 2 is 2.05 bits per heavy atom. The first-order valence-corrected chi connectivity index (χ1v) is 7.23. The summed E-state index contributed by atoms with van der Waals surface area (Å²) in [5.74, 6) is 6.46. The van der Waals surface area contributed by atoms with Gasteiger partial charge in [-0.1, -0.05) is 24.0 Å². The monoisotopic (exact) mass is 282 g/mol. The van der Waals surface area contributed by atoms with E-state index in [9.17, 15) is 0 Å². The summed E-state index contributed by atoms with van der Waals surface area (Å²) in [6, 6.07) is 12.1. The van der Waals surface area contributed by atoms with E-state index in [-0.39, 0.29) is 12.7 Å². The first kappa shape index (κ1) is 13.9. The van der Waals surface area contributed by atoms with Gasteiger partial charge in [0.2, 0.25) is 0 Å². The van der Waals surface area contributed by atoms with E-state index in [1.807, 2.05) is 36.4 Å². The van der Waals surface area contributed by atoms with Crippen LogP contribution >= 0.6 is 0 Å². The van der Waals surface area contributed by atoms with E-state index in [4.69, 9.17) is 14.6 Å². The van der Waals surface area contributed by atoms with Crippen LogP contribution in [0.15, 0.2) is 36.4 Å². The molecule has 1 aliphatic rings. The van der Waals surface area contributed by atoms with E-state index >= 15 is 0 Å². The van der Waals surface area contributed by atoms with Crippen LogP contribution in [0.5, 0.6) is 5.75 Å². The maximum absolute atomic E-state index is 8.73. The molecule has 3 rings (SSSR count). The average Bonchev–Trinajstić information content (AvgIpc) is 2.54. The minimum atomic E-state index is -0.117. The van der Waals surface area contributed by atoms with E-state index in [2.05, 4.69) is 11.8 Å². The summed E-state index contributed by atoms with van der Waals surface area (Å²) in [5, 5.41) is 11.0. The lowest BCUT2D eigenvalue weighted by atomic mass is 10.1. The molecule has 1 unspecified atom stereocenters. The molecule has 1 atom stereocenters. The Kier molecular flexibility index (Phi) is 4.40. The molecule has 108 valence electrons. The Morgan fingerprint density at radius 1 is 1.19 bits per heavy atom. The van der Waals surface area contributed by atoms with Crippen molar-refractivity contribution in [3.63, 3.8) is 0 Å². The molecule has 0 spiro atoms. The second-order valence-electron chi connectivity index (χ2n) is 5.14. The summed E-state index contributed by atoms with van der Waals surface area (Å²) in [7, 11) is 0. The fraction of sp³-hybridized carbons (Fsp3) is 0.333. The van der Waals surface area contributed by atoms with E-state index in [1.54, 1.807) is 0 Å². The second kappa shape index (κ2) is 6.62. The molecule has 0 saturated carbocycles. The maximum atomic E-state index is 8.73. The Bertz CT molecular complexity index is 676. The predicted octanol–water partition coefficient (Wildman–Crippen LogP) is 2.74. The Balaban J connectivity index is 1.79. The predicted molar refractivity (Wildman–Crippen MR) is 82.4 cm³/mol. The molecule has 0 bridgehead atoms. The quantitative estimate of drug-likeness (QED) is 0.861. The van der Waals surface area contributed by atoms with Gasteiger partial charge in [0.05, 0.1) is 6.61 Å². The minimum Gasteiger partial charge on any atom is -0.488 e. The van der Waals surface area contributed by atoms with Crippen molar-refractivity contribution < 1.29 is 14.6 Å². The summed E-state index contributed by atoms with van der Waals surface area (Å²) in [5.41, 5.74) is 0.908. The maximum Gasteiger partial charge on any atom is 0.122 e. The third-order valence-electron chi connectivity index (χ3n) is 3.54. The molecule has 0 aromatic heterocycles. The Morgan fingerprint density at radius 3 is 2.86 bits per heavy atom. The molecule has 1 heterocycles. The first-order chi connectivity index (χ1) is 10.3. The van der Waals surface area contributed by atoms with E-state index in [0.29, 0.717) is 6.61 Å². The van der Waals surface area contributed by atoms with Crippen LogP contribution in [-0.4, -0.2) is 31.0 Å². The molecule has 1 aliphatic heterocycles. The molecule has 0 amide bonds. The Hall–Kier alpha value is -2.02. The number of ether oxygens (including phenoxy) is 2. The van der Waals surface area contributed by atoms with Crippen LogP contribution in [-0.2, 0) is 4.74 Å². The van der Waals surface area contributed by atoms with Gasteiger partial charge in [0.15, 0.2) is 0 Å². The first-order valence-electron chi connectivity index (χ1n) is 7.23. The van der Waals surface area contributed by atoms with Crippen LogP contribution in [0.4, 0.5) is 0 Å². The van der Waals surface area contributed by atoms with Gasteiger partial charge in [-0.25, -0.2) is 0 Å². The molecular weight excluding hydrogens is 264 g/mol. The van der Waals surface area contributed by atoms with Crippen molar-refractivity contribution in [1.29, 1.82) is 0 Å². The standard InChI is InChI=1S/C18H18O3/c19-9-1-3-14-5-6-16-12-17(8-7-15(16)11-14)21-18-4-2-10-20-13-18/h5-8,11-12,18-19H,2,4,9-10,13H2. The lowest BCUT2D eigenvalue weighted by Gasteiger charge is -2.23. The summed E-state index contributed by atoms with van der Waals surface area (Å²) >= 11 is 0. The van der Waals surface area contributed by atoms with Crippen LogP contribution in [0.2, 0.25) is 0 Å². The summed E-state index contributed by atoms with van der Waals surface area (Å²) < 4.78 is 11.4. The molecule has 1 fully saturated rings. The third kappa shape index (κ3) is 3.55. The summed E-state index contributed by atoms with van der Waals surface area (Å²) in [6.45, 7) is 1.40. The molecule has 2 aromatic carbocycles. The van der Waals surface area contributed by atoms with Gasteiger partial charge in [-0.3, -0.25) is 0 Å². The number of fused-ring (bicyclic) bond motifs is 1. The highest BCUT2D eigenvalue weighted by atomic mass is 16.5. The molecule has 1 saturated heterocycles. The molecule has 21 heavy (non-hydrogen) atoms.